The minimum atomic E-state index is -0.119. The van der Waals surface area contributed by atoms with Crippen LogP contribution in [0.4, 0.5) is 0 Å². The Labute approximate surface area is 104 Å². The number of hydrogen-bond donors (Lipinski definition) is 1. The van der Waals surface area contributed by atoms with E-state index in [1.54, 1.807) is 25.3 Å². The van der Waals surface area contributed by atoms with Crippen LogP contribution in [0.25, 0.3) is 11.3 Å². The number of hydrogen-bond acceptors (Lipinski definition) is 2. The molecule has 0 fully saturated rings. The summed E-state index contributed by atoms with van der Waals surface area (Å²) >= 11 is 6.04. The Kier molecular flexibility index (Phi) is 3.20. The van der Waals surface area contributed by atoms with Crippen LogP contribution >= 0.6 is 11.6 Å². The molecule has 0 atom stereocenters. The first-order chi connectivity index (χ1) is 8.10. The zero-order valence-corrected chi connectivity index (χ0v) is 10.3. The van der Waals surface area contributed by atoms with Crippen molar-refractivity contribution in [2.75, 3.05) is 7.11 Å². The molecule has 0 bridgehead atoms. The van der Waals surface area contributed by atoms with Gasteiger partial charge in [0.15, 0.2) is 0 Å². The van der Waals surface area contributed by atoms with Gasteiger partial charge in [0.25, 0.3) is 0 Å². The number of nitrogens with one attached hydrogen (secondary N) is 1. The number of aromatic amines is 1. The van der Waals surface area contributed by atoms with Crippen LogP contribution in [0.3, 0.4) is 0 Å². The van der Waals surface area contributed by atoms with Gasteiger partial charge in [0, 0.05) is 11.8 Å². The lowest BCUT2D eigenvalue weighted by molar-refractivity contribution is 0.415. The fraction of sp³-hybridized carbons (Fsp3) is 0.154. The zero-order valence-electron chi connectivity index (χ0n) is 9.58. The van der Waals surface area contributed by atoms with Crippen molar-refractivity contribution in [1.29, 1.82) is 0 Å². The molecule has 0 unspecified atom stereocenters. The molecule has 0 saturated carbocycles. The molecule has 0 aliphatic rings. The lowest BCUT2D eigenvalue weighted by Gasteiger charge is -2.06. The van der Waals surface area contributed by atoms with Gasteiger partial charge in [0.1, 0.15) is 5.75 Å². The highest BCUT2D eigenvalue weighted by Crippen LogP contribution is 2.29. The van der Waals surface area contributed by atoms with E-state index in [1.807, 2.05) is 19.1 Å². The summed E-state index contributed by atoms with van der Waals surface area (Å²) in [5.41, 5.74) is 2.40. The molecule has 0 aliphatic heterocycles. The van der Waals surface area contributed by atoms with E-state index >= 15 is 0 Å². The van der Waals surface area contributed by atoms with Crippen LogP contribution in [0.5, 0.6) is 5.75 Å². The highest BCUT2D eigenvalue weighted by molar-refractivity contribution is 6.32. The highest BCUT2D eigenvalue weighted by Gasteiger charge is 2.05. The maximum atomic E-state index is 11.4. The normalized spacial score (nSPS) is 10.3. The number of ether oxygens (including phenoxy) is 1. The van der Waals surface area contributed by atoms with Crippen LogP contribution < -0.4 is 10.3 Å². The Balaban J connectivity index is 2.53. The van der Waals surface area contributed by atoms with E-state index < -0.39 is 0 Å². The van der Waals surface area contributed by atoms with Gasteiger partial charge in [-0.1, -0.05) is 11.6 Å². The molecule has 0 radical (unpaired) electrons. The van der Waals surface area contributed by atoms with Crippen molar-refractivity contribution < 1.29 is 4.74 Å². The third-order valence-electron chi connectivity index (χ3n) is 2.45. The molecular formula is C13H12ClNO2. The minimum Gasteiger partial charge on any atom is -0.495 e. The molecule has 0 aliphatic carbocycles. The second-order valence-electron chi connectivity index (χ2n) is 3.78. The Hall–Kier alpha value is -1.74. The monoisotopic (exact) mass is 249 g/mol. The number of halogens is 1. The Morgan fingerprint density at radius 3 is 2.59 bits per heavy atom. The van der Waals surface area contributed by atoms with Crippen molar-refractivity contribution >= 4 is 11.6 Å². The average Bonchev–Trinajstić information content (AvgIpc) is 2.27. The molecule has 2 rings (SSSR count). The van der Waals surface area contributed by atoms with Crippen molar-refractivity contribution in [2.45, 2.75) is 6.92 Å². The van der Waals surface area contributed by atoms with Crippen molar-refractivity contribution in [3.8, 4) is 17.0 Å². The highest BCUT2D eigenvalue weighted by atomic mass is 35.5. The standard InChI is InChI=1S/C13H12ClNO2/c1-8-5-11(15-13(16)6-8)9-3-4-12(17-2)10(14)7-9/h3-7H,1-2H3,(H,15,16). The summed E-state index contributed by atoms with van der Waals surface area (Å²) in [4.78, 5) is 14.2. The SMILES string of the molecule is COc1ccc(-c2cc(C)cc(=O)[nH]2)cc1Cl. The molecule has 88 valence electrons. The Morgan fingerprint density at radius 2 is 2.00 bits per heavy atom. The van der Waals surface area contributed by atoms with Crippen LogP contribution in [0.15, 0.2) is 35.1 Å². The number of pyridine rings is 1. The lowest BCUT2D eigenvalue weighted by Crippen LogP contribution is -2.05. The van der Waals surface area contributed by atoms with Gasteiger partial charge in [0.2, 0.25) is 5.56 Å². The molecule has 1 aromatic carbocycles. The zero-order chi connectivity index (χ0) is 12.4. The average molecular weight is 250 g/mol. The summed E-state index contributed by atoms with van der Waals surface area (Å²) in [7, 11) is 1.56. The summed E-state index contributed by atoms with van der Waals surface area (Å²) in [6, 6.07) is 8.85. The van der Waals surface area contributed by atoms with Gasteiger partial charge < -0.3 is 9.72 Å². The van der Waals surface area contributed by atoms with Crippen molar-refractivity contribution in [3.63, 3.8) is 0 Å². The van der Waals surface area contributed by atoms with Gasteiger partial charge in [0.05, 0.1) is 12.1 Å². The molecule has 3 nitrogen and oxygen atoms in total. The molecule has 1 N–H and O–H groups in total. The number of H-pyrrole nitrogens is 1. The maximum Gasteiger partial charge on any atom is 0.248 e. The van der Waals surface area contributed by atoms with E-state index in [0.29, 0.717) is 10.8 Å². The first-order valence-corrected chi connectivity index (χ1v) is 5.53. The first kappa shape index (κ1) is 11.7. The summed E-state index contributed by atoms with van der Waals surface area (Å²) in [6.45, 7) is 1.88. The predicted molar refractivity (Wildman–Crippen MR) is 68.8 cm³/mol. The third-order valence-corrected chi connectivity index (χ3v) is 2.75. The number of benzene rings is 1. The van der Waals surface area contributed by atoms with Crippen LogP contribution in [-0.2, 0) is 0 Å². The van der Waals surface area contributed by atoms with Gasteiger partial charge in [-0.05, 0) is 42.3 Å². The molecule has 1 aromatic heterocycles. The van der Waals surface area contributed by atoms with Crippen molar-refractivity contribution in [1.82, 2.24) is 4.98 Å². The van der Waals surface area contributed by atoms with Crippen LogP contribution in [-0.4, -0.2) is 12.1 Å². The molecule has 2 aromatic rings. The van der Waals surface area contributed by atoms with E-state index in [4.69, 9.17) is 16.3 Å². The van der Waals surface area contributed by atoms with Crippen LogP contribution in [0.1, 0.15) is 5.56 Å². The summed E-state index contributed by atoms with van der Waals surface area (Å²) < 4.78 is 5.08. The fourth-order valence-electron chi connectivity index (χ4n) is 1.67. The second kappa shape index (κ2) is 4.63. The van der Waals surface area contributed by atoms with Crippen LogP contribution in [0, 0.1) is 6.92 Å². The molecule has 0 spiro atoms. The second-order valence-corrected chi connectivity index (χ2v) is 4.19. The van der Waals surface area contributed by atoms with E-state index in [-0.39, 0.29) is 5.56 Å². The molecule has 4 heteroatoms. The number of aryl methyl sites for hydroxylation is 1. The Morgan fingerprint density at radius 1 is 1.24 bits per heavy atom. The van der Waals surface area contributed by atoms with Crippen molar-refractivity contribution in [2.24, 2.45) is 0 Å². The number of rotatable bonds is 2. The molecule has 1 heterocycles. The summed E-state index contributed by atoms with van der Waals surface area (Å²) in [6.07, 6.45) is 0. The number of aromatic nitrogens is 1. The number of methoxy groups -OCH3 is 1. The quantitative estimate of drug-likeness (QED) is 0.889. The van der Waals surface area contributed by atoms with Gasteiger partial charge in [-0.3, -0.25) is 4.79 Å². The lowest BCUT2D eigenvalue weighted by atomic mass is 10.1. The van der Waals surface area contributed by atoms with Gasteiger partial charge in [-0.15, -0.1) is 0 Å². The molecule has 0 saturated heterocycles. The van der Waals surface area contributed by atoms with Crippen molar-refractivity contribution in [3.05, 3.63) is 51.3 Å². The third kappa shape index (κ3) is 2.50. The van der Waals surface area contributed by atoms with E-state index in [0.717, 1.165) is 16.8 Å². The van der Waals surface area contributed by atoms with E-state index in [1.165, 1.54) is 0 Å². The fourth-order valence-corrected chi connectivity index (χ4v) is 1.93. The van der Waals surface area contributed by atoms with Crippen LogP contribution in [0.2, 0.25) is 5.02 Å². The van der Waals surface area contributed by atoms with Gasteiger partial charge >= 0.3 is 0 Å². The summed E-state index contributed by atoms with van der Waals surface area (Å²) in [5, 5.41) is 0.521. The summed E-state index contributed by atoms with van der Waals surface area (Å²) in [5.74, 6) is 0.616. The topological polar surface area (TPSA) is 42.1 Å². The minimum absolute atomic E-state index is 0.119. The van der Waals surface area contributed by atoms with E-state index in [2.05, 4.69) is 4.98 Å². The van der Waals surface area contributed by atoms with E-state index in [9.17, 15) is 4.79 Å². The molecular weight excluding hydrogens is 238 g/mol. The molecule has 17 heavy (non-hydrogen) atoms. The molecule has 0 amide bonds. The predicted octanol–water partition coefficient (Wildman–Crippen LogP) is 3.01. The van der Waals surface area contributed by atoms with Gasteiger partial charge in [-0.2, -0.15) is 0 Å². The van der Waals surface area contributed by atoms with Gasteiger partial charge in [-0.25, -0.2) is 0 Å². The first-order valence-electron chi connectivity index (χ1n) is 5.15. The maximum absolute atomic E-state index is 11.4. The largest absolute Gasteiger partial charge is 0.495 e. The smallest absolute Gasteiger partial charge is 0.248 e. The Bertz CT molecular complexity index is 605.